The number of guanidine groups is 1. The van der Waals surface area contributed by atoms with E-state index in [-0.39, 0.29) is 5.54 Å². The minimum Gasteiger partial charge on any atom is -0.370 e. The average Bonchev–Trinajstić information content (AvgIpc) is 2.35. The minimum absolute atomic E-state index is 0.143. The van der Waals surface area contributed by atoms with E-state index in [9.17, 15) is 13.2 Å². The Kier molecular flexibility index (Phi) is 6.01. The van der Waals surface area contributed by atoms with Gasteiger partial charge in [-0.3, -0.25) is 4.99 Å². The predicted molar refractivity (Wildman–Crippen MR) is 81.7 cm³/mol. The zero-order chi connectivity index (χ0) is 16.8. The number of nitrogens with zero attached hydrogens (tertiary/aromatic N) is 2. The molecule has 124 valence electrons. The van der Waals surface area contributed by atoms with E-state index in [1.165, 1.54) is 6.07 Å². The van der Waals surface area contributed by atoms with Gasteiger partial charge in [0, 0.05) is 24.8 Å². The lowest BCUT2D eigenvalue weighted by molar-refractivity contribution is -0.137. The molecule has 0 aliphatic rings. The number of hydrogen-bond donors (Lipinski definition) is 3. The summed E-state index contributed by atoms with van der Waals surface area (Å²) in [6.45, 7) is 7.00. The Morgan fingerprint density at radius 3 is 2.45 bits per heavy atom. The first kappa shape index (κ1) is 18.1. The maximum absolute atomic E-state index is 12.4. The van der Waals surface area contributed by atoms with Crippen LogP contribution in [0.3, 0.4) is 0 Å². The highest BCUT2D eigenvalue weighted by Crippen LogP contribution is 2.28. The third-order valence-electron chi connectivity index (χ3n) is 2.52. The van der Waals surface area contributed by atoms with Gasteiger partial charge in [0.05, 0.1) is 5.56 Å². The summed E-state index contributed by atoms with van der Waals surface area (Å²) in [5.74, 6) is 0.776. The molecular formula is C14H22F3N5. The molecule has 5 nitrogen and oxygen atoms in total. The number of aliphatic imine (C=N–C) groups is 1. The van der Waals surface area contributed by atoms with Gasteiger partial charge in [0.1, 0.15) is 5.82 Å². The third-order valence-corrected chi connectivity index (χ3v) is 2.52. The van der Waals surface area contributed by atoms with Crippen molar-refractivity contribution in [1.82, 2.24) is 10.3 Å². The van der Waals surface area contributed by atoms with Crippen molar-refractivity contribution in [2.45, 2.75) is 38.9 Å². The molecule has 0 bridgehead atoms. The molecule has 0 saturated carbocycles. The van der Waals surface area contributed by atoms with Gasteiger partial charge in [-0.2, -0.15) is 13.2 Å². The molecule has 0 aliphatic heterocycles. The summed E-state index contributed by atoms with van der Waals surface area (Å²) in [4.78, 5) is 7.88. The van der Waals surface area contributed by atoms with Crippen molar-refractivity contribution in [2.24, 2.45) is 10.7 Å². The summed E-state index contributed by atoms with van der Waals surface area (Å²) in [6.07, 6.45) is -2.86. The first-order valence-corrected chi connectivity index (χ1v) is 6.93. The van der Waals surface area contributed by atoms with Crippen LogP contribution in [0.4, 0.5) is 19.0 Å². The fraction of sp³-hybridized carbons (Fsp3) is 0.571. The molecule has 4 N–H and O–H groups in total. The molecule has 0 spiro atoms. The van der Waals surface area contributed by atoms with Crippen LogP contribution in [0.15, 0.2) is 23.3 Å². The largest absolute Gasteiger partial charge is 0.417 e. The molecule has 1 aromatic rings. The summed E-state index contributed by atoms with van der Waals surface area (Å²) in [5, 5.41) is 5.97. The number of anilines is 1. The Morgan fingerprint density at radius 2 is 1.95 bits per heavy atom. The van der Waals surface area contributed by atoms with Gasteiger partial charge in [-0.1, -0.05) is 0 Å². The van der Waals surface area contributed by atoms with Crippen molar-refractivity contribution in [1.29, 1.82) is 0 Å². The van der Waals surface area contributed by atoms with E-state index < -0.39 is 11.7 Å². The molecule has 1 rings (SSSR count). The van der Waals surface area contributed by atoms with Crippen LogP contribution in [0.2, 0.25) is 0 Å². The molecule has 1 aromatic heterocycles. The van der Waals surface area contributed by atoms with Gasteiger partial charge in [-0.05, 0) is 39.3 Å². The van der Waals surface area contributed by atoms with Gasteiger partial charge in [-0.15, -0.1) is 0 Å². The number of halogens is 3. The van der Waals surface area contributed by atoms with Crippen molar-refractivity contribution in [3.8, 4) is 0 Å². The molecule has 8 heteroatoms. The SMILES string of the molecule is CC(C)(C)NC(N)=NCCCNc1ccc(C(F)(F)F)cn1. The quantitative estimate of drug-likeness (QED) is 0.443. The van der Waals surface area contributed by atoms with Crippen LogP contribution >= 0.6 is 0 Å². The summed E-state index contributed by atoms with van der Waals surface area (Å²) in [7, 11) is 0. The normalized spacial score (nSPS) is 13.1. The standard InChI is InChI=1S/C14H22F3N5/c1-13(2,3)22-12(18)20-8-4-7-19-11-6-5-10(9-21-11)14(15,16)17/h5-6,9H,4,7-8H2,1-3H3,(H,19,21)(H3,18,20,22). The zero-order valence-corrected chi connectivity index (χ0v) is 13.0. The van der Waals surface area contributed by atoms with Crippen LogP contribution in [0, 0.1) is 0 Å². The molecule has 0 radical (unpaired) electrons. The van der Waals surface area contributed by atoms with E-state index in [2.05, 4.69) is 20.6 Å². The average molecular weight is 317 g/mol. The second-order valence-corrected chi connectivity index (χ2v) is 5.85. The number of hydrogen-bond acceptors (Lipinski definition) is 3. The molecule has 0 amide bonds. The van der Waals surface area contributed by atoms with E-state index in [0.717, 1.165) is 12.3 Å². The molecule has 0 aromatic carbocycles. The van der Waals surface area contributed by atoms with Gasteiger partial charge in [0.15, 0.2) is 5.96 Å². The van der Waals surface area contributed by atoms with Crippen molar-refractivity contribution in [3.63, 3.8) is 0 Å². The monoisotopic (exact) mass is 317 g/mol. The highest BCUT2D eigenvalue weighted by molar-refractivity contribution is 5.78. The highest BCUT2D eigenvalue weighted by Gasteiger charge is 2.30. The van der Waals surface area contributed by atoms with Crippen molar-refractivity contribution < 1.29 is 13.2 Å². The minimum atomic E-state index is -4.36. The molecule has 0 unspecified atom stereocenters. The van der Waals surface area contributed by atoms with E-state index in [4.69, 9.17) is 5.73 Å². The summed E-state index contributed by atoms with van der Waals surface area (Å²) in [5.41, 5.74) is 4.81. The van der Waals surface area contributed by atoms with Crippen LogP contribution in [0.5, 0.6) is 0 Å². The Balaban J connectivity index is 2.32. The highest BCUT2D eigenvalue weighted by atomic mass is 19.4. The predicted octanol–water partition coefficient (Wildman–Crippen LogP) is 2.61. The van der Waals surface area contributed by atoms with Gasteiger partial charge in [-0.25, -0.2) is 4.98 Å². The Morgan fingerprint density at radius 1 is 1.27 bits per heavy atom. The number of alkyl halides is 3. The number of pyridine rings is 1. The van der Waals surface area contributed by atoms with Crippen LogP contribution in [-0.4, -0.2) is 29.6 Å². The summed E-state index contributed by atoms with van der Waals surface area (Å²) < 4.78 is 37.1. The van der Waals surface area contributed by atoms with E-state index in [1.54, 1.807) is 0 Å². The second kappa shape index (κ2) is 7.33. The lowest BCUT2D eigenvalue weighted by Gasteiger charge is -2.20. The Bertz CT molecular complexity index is 489. The van der Waals surface area contributed by atoms with Gasteiger partial charge < -0.3 is 16.4 Å². The lowest BCUT2D eigenvalue weighted by Crippen LogP contribution is -2.45. The van der Waals surface area contributed by atoms with Gasteiger partial charge >= 0.3 is 6.18 Å². The summed E-state index contributed by atoms with van der Waals surface area (Å²) in [6, 6.07) is 2.31. The zero-order valence-electron chi connectivity index (χ0n) is 13.0. The van der Waals surface area contributed by atoms with E-state index >= 15 is 0 Å². The van der Waals surface area contributed by atoms with E-state index in [0.29, 0.717) is 31.3 Å². The smallest absolute Gasteiger partial charge is 0.370 e. The Labute approximate surface area is 128 Å². The number of aromatic nitrogens is 1. The van der Waals surface area contributed by atoms with Crippen molar-refractivity contribution in [2.75, 3.05) is 18.4 Å². The molecule has 0 saturated heterocycles. The number of rotatable bonds is 5. The lowest BCUT2D eigenvalue weighted by atomic mass is 10.1. The molecule has 1 heterocycles. The van der Waals surface area contributed by atoms with Crippen molar-refractivity contribution in [3.05, 3.63) is 23.9 Å². The Hall–Kier alpha value is -1.99. The van der Waals surface area contributed by atoms with Gasteiger partial charge in [0.25, 0.3) is 0 Å². The topological polar surface area (TPSA) is 75.3 Å². The molecule has 0 atom stereocenters. The molecule has 0 aliphatic carbocycles. The first-order chi connectivity index (χ1) is 10.1. The molecule has 22 heavy (non-hydrogen) atoms. The van der Waals surface area contributed by atoms with Crippen LogP contribution < -0.4 is 16.4 Å². The van der Waals surface area contributed by atoms with Gasteiger partial charge in [0.2, 0.25) is 0 Å². The maximum atomic E-state index is 12.4. The maximum Gasteiger partial charge on any atom is 0.417 e. The fourth-order valence-corrected chi connectivity index (χ4v) is 1.58. The summed E-state index contributed by atoms with van der Waals surface area (Å²) >= 11 is 0. The molecular weight excluding hydrogens is 295 g/mol. The first-order valence-electron chi connectivity index (χ1n) is 6.93. The van der Waals surface area contributed by atoms with Crippen LogP contribution in [0.25, 0.3) is 0 Å². The number of nitrogens with one attached hydrogen (secondary N) is 2. The second-order valence-electron chi connectivity index (χ2n) is 5.85. The fourth-order valence-electron chi connectivity index (χ4n) is 1.58. The van der Waals surface area contributed by atoms with E-state index in [1.807, 2.05) is 20.8 Å². The van der Waals surface area contributed by atoms with Crippen LogP contribution in [0.1, 0.15) is 32.8 Å². The third kappa shape index (κ3) is 7.14. The number of nitrogens with two attached hydrogens (primary N) is 1. The van der Waals surface area contributed by atoms with Crippen molar-refractivity contribution >= 4 is 11.8 Å². The van der Waals surface area contributed by atoms with Crippen LogP contribution in [-0.2, 0) is 6.18 Å². The molecule has 0 fully saturated rings.